The third kappa shape index (κ3) is 5.46. The number of hydrogen-bond acceptors (Lipinski definition) is 2. The molecule has 0 saturated carbocycles. The van der Waals surface area contributed by atoms with E-state index in [-0.39, 0.29) is 11.6 Å². The Morgan fingerprint density at radius 1 is 1.19 bits per heavy atom. The first-order valence-electron chi connectivity index (χ1n) is 6.53. The minimum absolute atomic E-state index is 0.276. The molecule has 0 aliphatic heterocycles. The maximum Gasteiger partial charge on any atom is 0.192 e. The Labute approximate surface area is 103 Å². The lowest BCUT2D eigenvalue weighted by Gasteiger charge is -2.39. The van der Waals surface area contributed by atoms with E-state index < -0.39 is 8.32 Å². The minimum atomic E-state index is -1.64. The topological polar surface area (TPSA) is 29.5 Å². The summed E-state index contributed by atoms with van der Waals surface area (Å²) in [5.41, 5.74) is 0. The summed E-state index contributed by atoms with van der Waals surface area (Å²) in [5.74, 6) is 0. The Hall–Kier alpha value is 0.137. The Morgan fingerprint density at radius 2 is 1.75 bits per heavy atom. The summed E-state index contributed by atoms with van der Waals surface area (Å²) >= 11 is 0. The third-order valence-electron chi connectivity index (χ3n) is 3.56. The van der Waals surface area contributed by atoms with E-state index in [0.29, 0.717) is 6.10 Å². The van der Waals surface area contributed by atoms with Crippen LogP contribution in [0, 0.1) is 0 Å². The predicted octanol–water partition coefficient (Wildman–Crippen LogP) is 3.95. The van der Waals surface area contributed by atoms with Crippen molar-refractivity contribution < 1.29 is 9.53 Å². The standard InChI is InChI=1S/C13H30O2Si/c1-7-9-12(10-8-11-14)15-16(5,6)13(2,3)4/h12,14H,7-11H2,1-6H3. The quantitative estimate of drug-likeness (QED) is 0.689. The fourth-order valence-corrected chi connectivity index (χ4v) is 2.92. The SMILES string of the molecule is CCCC(CCCO)O[Si](C)(C)C(C)(C)C. The molecule has 2 nitrogen and oxygen atoms in total. The van der Waals surface area contributed by atoms with E-state index in [1.165, 1.54) is 0 Å². The molecule has 0 fully saturated rings. The van der Waals surface area contributed by atoms with Crippen molar-refractivity contribution in [2.75, 3.05) is 6.61 Å². The lowest BCUT2D eigenvalue weighted by Crippen LogP contribution is -2.44. The van der Waals surface area contributed by atoms with Crippen LogP contribution in [0.4, 0.5) is 0 Å². The van der Waals surface area contributed by atoms with E-state index in [1.54, 1.807) is 0 Å². The lowest BCUT2D eigenvalue weighted by atomic mass is 10.1. The molecule has 0 heterocycles. The molecular weight excluding hydrogens is 216 g/mol. The number of rotatable bonds is 7. The van der Waals surface area contributed by atoms with Gasteiger partial charge in [0.1, 0.15) is 0 Å². The van der Waals surface area contributed by atoms with Gasteiger partial charge in [0, 0.05) is 12.7 Å². The zero-order valence-corrected chi connectivity index (χ0v) is 13.0. The van der Waals surface area contributed by atoms with Crippen LogP contribution in [0.15, 0.2) is 0 Å². The first-order valence-corrected chi connectivity index (χ1v) is 9.44. The Kier molecular flexibility index (Phi) is 6.83. The maximum atomic E-state index is 8.90. The van der Waals surface area contributed by atoms with E-state index in [9.17, 15) is 0 Å². The predicted molar refractivity (Wildman–Crippen MR) is 73.3 cm³/mol. The van der Waals surface area contributed by atoms with Gasteiger partial charge in [-0.3, -0.25) is 0 Å². The van der Waals surface area contributed by atoms with Crippen molar-refractivity contribution >= 4 is 8.32 Å². The average molecular weight is 246 g/mol. The van der Waals surface area contributed by atoms with Crippen LogP contribution in [0.25, 0.3) is 0 Å². The van der Waals surface area contributed by atoms with Gasteiger partial charge in [-0.15, -0.1) is 0 Å². The van der Waals surface area contributed by atoms with Gasteiger partial charge >= 0.3 is 0 Å². The first kappa shape index (κ1) is 16.1. The van der Waals surface area contributed by atoms with Gasteiger partial charge in [-0.2, -0.15) is 0 Å². The maximum absolute atomic E-state index is 8.90. The Balaban J connectivity index is 4.36. The second kappa shape index (κ2) is 6.77. The van der Waals surface area contributed by atoms with Crippen molar-refractivity contribution in [1.29, 1.82) is 0 Å². The van der Waals surface area contributed by atoms with Crippen molar-refractivity contribution in [3.8, 4) is 0 Å². The summed E-state index contributed by atoms with van der Waals surface area (Å²) in [6, 6.07) is 0. The number of hydrogen-bond donors (Lipinski definition) is 1. The molecule has 0 bridgehead atoms. The molecule has 0 saturated heterocycles. The molecule has 0 aromatic carbocycles. The Morgan fingerprint density at radius 3 is 2.12 bits per heavy atom. The Bertz CT molecular complexity index is 185. The van der Waals surface area contributed by atoms with E-state index in [4.69, 9.17) is 9.53 Å². The molecule has 1 unspecified atom stereocenters. The van der Waals surface area contributed by atoms with Gasteiger partial charge in [-0.25, -0.2) is 0 Å². The van der Waals surface area contributed by atoms with Gasteiger partial charge in [-0.05, 0) is 37.4 Å². The van der Waals surface area contributed by atoms with Crippen LogP contribution in [0.5, 0.6) is 0 Å². The molecule has 0 amide bonds. The first-order chi connectivity index (χ1) is 7.24. The highest BCUT2D eigenvalue weighted by Gasteiger charge is 2.38. The summed E-state index contributed by atoms with van der Waals surface area (Å²) in [4.78, 5) is 0. The number of aliphatic hydroxyl groups excluding tert-OH is 1. The van der Waals surface area contributed by atoms with Gasteiger partial charge in [0.15, 0.2) is 8.32 Å². The molecule has 3 heteroatoms. The van der Waals surface area contributed by atoms with Crippen LogP contribution < -0.4 is 0 Å². The smallest absolute Gasteiger partial charge is 0.192 e. The molecule has 98 valence electrons. The van der Waals surface area contributed by atoms with Crippen molar-refractivity contribution in [2.45, 2.75) is 77.6 Å². The second-order valence-corrected chi connectivity index (χ2v) is 10.9. The molecule has 1 atom stereocenters. The monoisotopic (exact) mass is 246 g/mol. The lowest BCUT2D eigenvalue weighted by molar-refractivity contribution is 0.147. The highest BCUT2D eigenvalue weighted by atomic mass is 28.4. The fraction of sp³-hybridized carbons (Fsp3) is 1.00. The molecule has 1 N–H and O–H groups in total. The van der Waals surface area contributed by atoms with Crippen molar-refractivity contribution in [3.63, 3.8) is 0 Å². The summed E-state index contributed by atoms with van der Waals surface area (Å²) in [6.45, 7) is 13.9. The summed E-state index contributed by atoms with van der Waals surface area (Å²) in [6.07, 6.45) is 4.48. The van der Waals surface area contributed by atoms with Crippen molar-refractivity contribution in [3.05, 3.63) is 0 Å². The molecule has 16 heavy (non-hydrogen) atoms. The second-order valence-electron chi connectivity index (χ2n) is 6.15. The molecule has 0 aliphatic carbocycles. The van der Waals surface area contributed by atoms with Crippen LogP contribution in [-0.4, -0.2) is 26.1 Å². The van der Waals surface area contributed by atoms with Crippen LogP contribution in [0.3, 0.4) is 0 Å². The van der Waals surface area contributed by atoms with Crippen molar-refractivity contribution in [1.82, 2.24) is 0 Å². The molecule has 0 aliphatic rings. The van der Waals surface area contributed by atoms with Gasteiger partial charge in [-0.1, -0.05) is 34.1 Å². The van der Waals surface area contributed by atoms with Gasteiger partial charge in [0.25, 0.3) is 0 Å². The van der Waals surface area contributed by atoms with Gasteiger partial charge in [0.05, 0.1) is 0 Å². The summed E-state index contributed by atoms with van der Waals surface area (Å²) < 4.78 is 6.37. The van der Waals surface area contributed by atoms with E-state index in [2.05, 4.69) is 40.8 Å². The average Bonchev–Trinajstić information content (AvgIpc) is 2.12. The molecule has 0 aromatic rings. The van der Waals surface area contributed by atoms with E-state index in [1.807, 2.05) is 0 Å². The van der Waals surface area contributed by atoms with E-state index in [0.717, 1.165) is 25.7 Å². The zero-order chi connectivity index (χ0) is 12.8. The molecule has 0 rings (SSSR count). The third-order valence-corrected chi connectivity index (χ3v) is 8.10. The van der Waals surface area contributed by atoms with Crippen LogP contribution in [0.1, 0.15) is 53.4 Å². The van der Waals surface area contributed by atoms with Gasteiger partial charge in [0.2, 0.25) is 0 Å². The molecular formula is C13H30O2Si. The highest BCUT2D eigenvalue weighted by molar-refractivity contribution is 6.74. The van der Waals surface area contributed by atoms with E-state index >= 15 is 0 Å². The zero-order valence-electron chi connectivity index (χ0n) is 12.0. The number of aliphatic hydroxyl groups is 1. The highest BCUT2D eigenvalue weighted by Crippen LogP contribution is 2.38. The van der Waals surface area contributed by atoms with Crippen molar-refractivity contribution in [2.24, 2.45) is 0 Å². The fourth-order valence-electron chi connectivity index (χ4n) is 1.50. The molecule has 0 radical (unpaired) electrons. The molecule has 0 spiro atoms. The largest absolute Gasteiger partial charge is 0.414 e. The summed E-state index contributed by atoms with van der Waals surface area (Å²) in [5, 5.41) is 9.17. The van der Waals surface area contributed by atoms with Crippen LogP contribution in [0.2, 0.25) is 18.1 Å². The normalized spacial score (nSPS) is 15.2. The van der Waals surface area contributed by atoms with Crippen LogP contribution >= 0.6 is 0 Å². The minimum Gasteiger partial charge on any atom is -0.414 e. The van der Waals surface area contributed by atoms with Gasteiger partial charge < -0.3 is 9.53 Å². The van der Waals surface area contributed by atoms with Crippen LogP contribution in [-0.2, 0) is 4.43 Å². The molecule has 0 aromatic heterocycles. The summed E-state index contributed by atoms with van der Waals surface area (Å²) in [7, 11) is -1.64.